The Morgan fingerprint density at radius 2 is 1.45 bits per heavy atom. The number of carbonyl (C=O) groups excluding carboxylic acids is 2. The Bertz CT molecular complexity index is 175. The van der Waals surface area contributed by atoms with E-state index in [2.05, 4.69) is 0 Å². The van der Waals surface area contributed by atoms with Crippen LogP contribution < -0.4 is 0 Å². The summed E-state index contributed by atoms with van der Waals surface area (Å²) in [6.07, 6.45) is 0. The number of carbonyl (C=O) groups is 2. The van der Waals surface area contributed by atoms with E-state index in [0.29, 0.717) is 11.5 Å². The molecule has 0 radical (unpaired) electrons. The summed E-state index contributed by atoms with van der Waals surface area (Å²) >= 11 is 1.36. The van der Waals surface area contributed by atoms with Gasteiger partial charge in [0.05, 0.1) is 11.5 Å². The summed E-state index contributed by atoms with van der Waals surface area (Å²) in [5.41, 5.74) is 0. The van der Waals surface area contributed by atoms with Gasteiger partial charge in [-0.1, -0.05) is 0 Å². The Labute approximate surface area is 69.5 Å². The number of amides is 2. The van der Waals surface area contributed by atoms with Gasteiger partial charge in [-0.15, -0.1) is 11.8 Å². The fourth-order valence-electron chi connectivity index (χ4n) is 0.747. The SMILES string of the molecule is CN1C(=O)CSCC(=O)N1C. The molecule has 1 aliphatic rings. The maximum atomic E-state index is 11.1. The third-order valence-corrected chi connectivity index (χ3v) is 2.53. The summed E-state index contributed by atoms with van der Waals surface area (Å²) in [4.78, 5) is 22.2. The third kappa shape index (κ3) is 1.65. The van der Waals surface area contributed by atoms with Crippen LogP contribution in [-0.4, -0.2) is 47.4 Å². The highest BCUT2D eigenvalue weighted by molar-refractivity contribution is 8.00. The lowest BCUT2D eigenvalue weighted by atomic mass is 10.6. The van der Waals surface area contributed by atoms with E-state index in [4.69, 9.17) is 0 Å². The van der Waals surface area contributed by atoms with Crippen LogP contribution in [0.1, 0.15) is 0 Å². The molecule has 1 aliphatic heterocycles. The molecule has 2 amide bonds. The molecule has 0 atom stereocenters. The predicted molar refractivity (Wildman–Crippen MR) is 42.9 cm³/mol. The molecule has 1 heterocycles. The first-order chi connectivity index (χ1) is 5.13. The molecule has 1 rings (SSSR count). The van der Waals surface area contributed by atoms with Gasteiger partial charge in [-0.3, -0.25) is 19.6 Å². The van der Waals surface area contributed by atoms with E-state index in [-0.39, 0.29) is 11.8 Å². The second-order valence-electron chi connectivity index (χ2n) is 2.33. The molecule has 4 nitrogen and oxygen atoms in total. The van der Waals surface area contributed by atoms with E-state index in [1.165, 1.54) is 21.8 Å². The molecule has 0 bridgehead atoms. The van der Waals surface area contributed by atoms with Gasteiger partial charge >= 0.3 is 0 Å². The first-order valence-corrected chi connectivity index (χ1v) is 4.39. The van der Waals surface area contributed by atoms with Crippen LogP contribution in [0.25, 0.3) is 0 Å². The Balaban J connectivity index is 2.73. The number of rotatable bonds is 0. The lowest BCUT2D eigenvalue weighted by Gasteiger charge is -2.24. The monoisotopic (exact) mass is 174 g/mol. The Hall–Kier alpha value is -0.710. The molecule has 0 aromatic heterocycles. The second kappa shape index (κ2) is 3.13. The molecule has 5 heteroatoms. The third-order valence-electron chi connectivity index (χ3n) is 1.62. The van der Waals surface area contributed by atoms with Crippen LogP contribution in [0, 0.1) is 0 Å². The van der Waals surface area contributed by atoms with Gasteiger partial charge in [-0.05, 0) is 0 Å². The van der Waals surface area contributed by atoms with Gasteiger partial charge in [0.15, 0.2) is 0 Å². The van der Waals surface area contributed by atoms with Crippen molar-refractivity contribution < 1.29 is 9.59 Å². The van der Waals surface area contributed by atoms with Crippen molar-refractivity contribution in [3.8, 4) is 0 Å². The van der Waals surface area contributed by atoms with Crippen LogP contribution in [0.3, 0.4) is 0 Å². The fraction of sp³-hybridized carbons (Fsp3) is 0.667. The molecule has 0 N–H and O–H groups in total. The van der Waals surface area contributed by atoms with Crippen molar-refractivity contribution in [3.05, 3.63) is 0 Å². The molecule has 0 unspecified atom stereocenters. The van der Waals surface area contributed by atoms with E-state index < -0.39 is 0 Å². The zero-order chi connectivity index (χ0) is 8.43. The lowest BCUT2D eigenvalue weighted by Crippen LogP contribution is -2.44. The molecule has 62 valence electrons. The normalized spacial score (nSPS) is 20.5. The zero-order valence-electron chi connectivity index (χ0n) is 6.53. The van der Waals surface area contributed by atoms with Gasteiger partial charge in [0, 0.05) is 14.1 Å². The molecule has 1 fully saturated rings. The van der Waals surface area contributed by atoms with E-state index >= 15 is 0 Å². The molecular weight excluding hydrogens is 164 g/mol. The number of thioether (sulfide) groups is 1. The van der Waals surface area contributed by atoms with Crippen molar-refractivity contribution in [2.24, 2.45) is 0 Å². The molecule has 0 saturated carbocycles. The summed E-state index contributed by atoms with van der Waals surface area (Å²) in [6, 6.07) is 0. The van der Waals surface area contributed by atoms with E-state index in [9.17, 15) is 9.59 Å². The molecule has 0 aliphatic carbocycles. The van der Waals surface area contributed by atoms with Crippen LogP contribution in [-0.2, 0) is 9.59 Å². The van der Waals surface area contributed by atoms with E-state index in [1.54, 1.807) is 14.1 Å². The minimum atomic E-state index is -0.0247. The van der Waals surface area contributed by atoms with Crippen molar-refractivity contribution >= 4 is 23.6 Å². The van der Waals surface area contributed by atoms with E-state index in [1.807, 2.05) is 0 Å². The largest absolute Gasteiger partial charge is 0.272 e. The van der Waals surface area contributed by atoms with E-state index in [0.717, 1.165) is 0 Å². The highest BCUT2D eigenvalue weighted by Gasteiger charge is 2.22. The van der Waals surface area contributed by atoms with Crippen LogP contribution >= 0.6 is 11.8 Å². The maximum Gasteiger partial charge on any atom is 0.250 e. The summed E-state index contributed by atoms with van der Waals surface area (Å²) in [7, 11) is 3.21. The smallest absolute Gasteiger partial charge is 0.250 e. The van der Waals surface area contributed by atoms with Crippen LogP contribution in [0.2, 0.25) is 0 Å². The molecule has 0 spiro atoms. The van der Waals surface area contributed by atoms with Crippen LogP contribution in [0.15, 0.2) is 0 Å². The molecule has 0 aromatic rings. The Morgan fingerprint density at radius 1 is 1.09 bits per heavy atom. The quantitative estimate of drug-likeness (QED) is 0.500. The fourth-order valence-corrected chi connectivity index (χ4v) is 1.57. The lowest BCUT2D eigenvalue weighted by molar-refractivity contribution is -0.153. The van der Waals surface area contributed by atoms with Crippen molar-refractivity contribution in [1.82, 2.24) is 10.0 Å². The second-order valence-corrected chi connectivity index (χ2v) is 3.31. The Morgan fingerprint density at radius 3 is 1.82 bits per heavy atom. The number of hydrogen-bond acceptors (Lipinski definition) is 3. The molecule has 0 aromatic carbocycles. The van der Waals surface area contributed by atoms with Crippen LogP contribution in [0.5, 0.6) is 0 Å². The molecule has 11 heavy (non-hydrogen) atoms. The van der Waals surface area contributed by atoms with Crippen LogP contribution in [0.4, 0.5) is 0 Å². The predicted octanol–water partition coefficient (Wildman–Crippen LogP) is -0.435. The van der Waals surface area contributed by atoms with Gasteiger partial charge in [-0.2, -0.15) is 0 Å². The van der Waals surface area contributed by atoms with Crippen molar-refractivity contribution in [2.75, 3.05) is 25.6 Å². The van der Waals surface area contributed by atoms with Crippen molar-refractivity contribution in [2.45, 2.75) is 0 Å². The highest BCUT2D eigenvalue weighted by Crippen LogP contribution is 2.09. The minimum absolute atomic E-state index is 0.0247. The van der Waals surface area contributed by atoms with Gasteiger partial charge < -0.3 is 0 Å². The first-order valence-electron chi connectivity index (χ1n) is 3.23. The molecule has 1 saturated heterocycles. The zero-order valence-corrected chi connectivity index (χ0v) is 7.35. The first kappa shape index (κ1) is 8.39. The summed E-state index contributed by atoms with van der Waals surface area (Å²) in [6.45, 7) is 0. The van der Waals surface area contributed by atoms with Gasteiger partial charge in [0.25, 0.3) is 11.8 Å². The minimum Gasteiger partial charge on any atom is -0.272 e. The Kier molecular flexibility index (Phi) is 2.38. The number of nitrogens with zero attached hydrogens (tertiary/aromatic N) is 2. The van der Waals surface area contributed by atoms with Gasteiger partial charge in [0.1, 0.15) is 0 Å². The standard InChI is InChI=1S/C6H10N2O2S/c1-7-5(9)3-11-4-6(10)8(7)2/h3-4H2,1-2H3. The number of hydrazine groups is 1. The van der Waals surface area contributed by atoms with Gasteiger partial charge in [-0.25, -0.2) is 0 Å². The van der Waals surface area contributed by atoms with Crippen molar-refractivity contribution in [1.29, 1.82) is 0 Å². The molecular formula is C6H10N2O2S. The summed E-state index contributed by atoms with van der Waals surface area (Å²) in [5.74, 6) is 0.741. The summed E-state index contributed by atoms with van der Waals surface area (Å²) < 4.78 is 0. The van der Waals surface area contributed by atoms with Gasteiger partial charge in [0.2, 0.25) is 0 Å². The highest BCUT2D eigenvalue weighted by atomic mass is 32.2. The average molecular weight is 174 g/mol. The summed E-state index contributed by atoms with van der Waals surface area (Å²) in [5, 5.41) is 2.70. The van der Waals surface area contributed by atoms with Crippen molar-refractivity contribution in [3.63, 3.8) is 0 Å². The maximum absolute atomic E-state index is 11.1. The number of hydrogen-bond donors (Lipinski definition) is 0. The average Bonchev–Trinajstić information content (AvgIpc) is 2.07. The topological polar surface area (TPSA) is 40.6 Å².